The molecule has 0 bridgehead atoms. The number of benzene rings is 1. The molecule has 5 heteroatoms. The van der Waals surface area contributed by atoms with E-state index in [4.69, 9.17) is 9.40 Å². The number of fused-ring (bicyclic) bond motifs is 2. The number of oxazole rings is 1. The fourth-order valence-corrected chi connectivity index (χ4v) is 2.84. The molecule has 0 unspecified atom stereocenters. The van der Waals surface area contributed by atoms with Gasteiger partial charge in [0.15, 0.2) is 5.58 Å². The normalized spacial score (nSPS) is 11.4. The summed E-state index contributed by atoms with van der Waals surface area (Å²) in [5.74, 6) is 0. The van der Waals surface area contributed by atoms with Gasteiger partial charge in [0.25, 0.3) is 6.01 Å². The lowest BCUT2D eigenvalue weighted by Crippen LogP contribution is -1.95. The second-order valence-electron chi connectivity index (χ2n) is 5.71. The maximum absolute atomic E-state index is 5.66. The third kappa shape index (κ3) is 2.25. The summed E-state index contributed by atoms with van der Waals surface area (Å²) in [6.45, 7) is 6.97. The van der Waals surface area contributed by atoms with Gasteiger partial charge in [0, 0.05) is 24.0 Å². The van der Waals surface area contributed by atoms with Gasteiger partial charge in [0.05, 0.1) is 5.69 Å². The van der Waals surface area contributed by atoms with Crippen LogP contribution in [-0.2, 0) is 0 Å². The van der Waals surface area contributed by atoms with E-state index >= 15 is 0 Å². The Morgan fingerprint density at radius 3 is 2.83 bits per heavy atom. The minimum absolute atomic E-state index is 0.557. The van der Waals surface area contributed by atoms with E-state index in [-0.39, 0.29) is 0 Å². The Bertz CT molecular complexity index is 1010. The van der Waals surface area contributed by atoms with Crippen molar-refractivity contribution in [3.8, 4) is 11.3 Å². The number of aryl methyl sites for hydroxylation is 2. The van der Waals surface area contributed by atoms with Gasteiger partial charge in [-0.1, -0.05) is 6.07 Å². The van der Waals surface area contributed by atoms with Crippen LogP contribution in [0, 0.1) is 13.8 Å². The quantitative estimate of drug-likeness (QED) is 0.616. The van der Waals surface area contributed by atoms with Gasteiger partial charge in [-0.2, -0.15) is 4.98 Å². The number of pyridine rings is 1. The summed E-state index contributed by atoms with van der Waals surface area (Å²) >= 11 is 0. The Hall–Kier alpha value is -2.82. The van der Waals surface area contributed by atoms with Gasteiger partial charge < -0.3 is 14.1 Å². The minimum atomic E-state index is 0.557. The van der Waals surface area contributed by atoms with E-state index in [9.17, 15) is 0 Å². The van der Waals surface area contributed by atoms with Crippen molar-refractivity contribution < 1.29 is 4.42 Å². The van der Waals surface area contributed by atoms with E-state index in [1.54, 1.807) is 0 Å². The van der Waals surface area contributed by atoms with Crippen molar-refractivity contribution in [2.75, 3.05) is 11.9 Å². The molecular formula is C18H18N4O. The molecule has 23 heavy (non-hydrogen) atoms. The molecule has 1 N–H and O–H groups in total. The van der Waals surface area contributed by atoms with E-state index < -0.39 is 0 Å². The van der Waals surface area contributed by atoms with Crippen molar-refractivity contribution in [2.24, 2.45) is 0 Å². The van der Waals surface area contributed by atoms with Crippen molar-refractivity contribution in [1.82, 2.24) is 14.4 Å². The molecule has 0 saturated heterocycles. The molecule has 0 aliphatic carbocycles. The summed E-state index contributed by atoms with van der Waals surface area (Å²) in [6.07, 6.45) is 2.11. The number of nitrogens with one attached hydrogen (secondary N) is 1. The molecule has 116 valence electrons. The fourth-order valence-electron chi connectivity index (χ4n) is 2.84. The molecule has 0 radical (unpaired) electrons. The molecule has 0 atom stereocenters. The maximum atomic E-state index is 5.66. The number of hydrogen-bond donors (Lipinski definition) is 1. The number of imidazole rings is 1. The van der Waals surface area contributed by atoms with Crippen LogP contribution >= 0.6 is 0 Å². The van der Waals surface area contributed by atoms with Gasteiger partial charge in [-0.15, -0.1) is 0 Å². The maximum Gasteiger partial charge on any atom is 0.295 e. The number of rotatable bonds is 3. The second-order valence-corrected chi connectivity index (χ2v) is 5.71. The van der Waals surface area contributed by atoms with Crippen molar-refractivity contribution in [3.63, 3.8) is 0 Å². The predicted octanol–water partition coefficient (Wildman–Crippen LogP) is 4.19. The Morgan fingerprint density at radius 1 is 1.13 bits per heavy atom. The highest BCUT2D eigenvalue weighted by atomic mass is 16.4. The standard InChI is InChI=1S/C18H18N4O/c1-4-19-18-20-14-9-13(6-7-15(14)23-18)17-12(3)22-10-11(2)5-8-16(22)21-17/h5-10H,4H2,1-3H3,(H,19,20). The Labute approximate surface area is 134 Å². The molecule has 4 rings (SSSR count). The number of nitrogens with zero attached hydrogens (tertiary/aromatic N) is 3. The highest BCUT2D eigenvalue weighted by Gasteiger charge is 2.13. The van der Waals surface area contributed by atoms with Gasteiger partial charge >= 0.3 is 0 Å². The topological polar surface area (TPSA) is 55.4 Å². The van der Waals surface area contributed by atoms with Crippen LogP contribution in [0.5, 0.6) is 0 Å². The molecule has 0 saturated carbocycles. The molecule has 0 aliphatic rings. The monoisotopic (exact) mass is 306 g/mol. The van der Waals surface area contributed by atoms with Crippen molar-refractivity contribution in [2.45, 2.75) is 20.8 Å². The number of aromatic nitrogens is 3. The van der Waals surface area contributed by atoms with Crippen LogP contribution in [0.25, 0.3) is 28.0 Å². The summed E-state index contributed by atoms with van der Waals surface area (Å²) in [4.78, 5) is 9.24. The molecule has 0 aliphatic heterocycles. The Kier molecular flexibility index (Phi) is 3.08. The van der Waals surface area contributed by atoms with Crippen LogP contribution in [0.4, 0.5) is 6.01 Å². The minimum Gasteiger partial charge on any atom is -0.424 e. The highest BCUT2D eigenvalue weighted by molar-refractivity contribution is 5.81. The molecule has 5 nitrogen and oxygen atoms in total. The average Bonchev–Trinajstić information content (AvgIpc) is 3.08. The van der Waals surface area contributed by atoms with Gasteiger partial charge in [-0.05, 0) is 50.6 Å². The van der Waals surface area contributed by atoms with Crippen LogP contribution in [0.1, 0.15) is 18.2 Å². The van der Waals surface area contributed by atoms with E-state index in [1.807, 2.05) is 31.2 Å². The van der Waals surface area contributed by atoms with Gasteiger partial charge in [0.1, 0.15) is 11.2 Å². The number of hydrogen-bond acceptors (Lipinski definition) is 4. The Morgan fingerprint density at radius 2 is 2.00 bits per heavy atom. The molecule has 4 aromatic rings. The highest BCUT2D eigenvalue weighted by Crippen LogP contribution is 2.28. The first kappa shape index (κ1) is 13.8. The van der Waals surface area contributed by atoms with Crippen molar-refractivity contribution >= 4 is 22.8 Å². The van der Waals surface area contributed by atoms with Gasteiger partial charge in [-0.25, -0.2) is 4.98 Å². The third-order valence-corrected chi connectivity index (χ3v) is 3.99. The zero-order valence-electron chi connectivity index (χ0n) is 13.4. The summed E-state index contributed by atoms with van der Waals surface area (Å²) in [7, 11) is 0. The first-order chi connectivity index (χ1) is 11.2. The molecule has 3 aromatic heterocycles. The predicted molar refractivity (Wildman–Crippen MR) is 91.8 cm³/mol. The smallest absolute Gasteiger partial charge is 0.295 e. The zero-order chi connectivity index (χ0) is 16.0. The lowest BCUT2D eigenvalue weighted by molar-refractivity contribution is 0.616. The van der Waals surface area contributed by atoms with Crippen LogP contribution < -0.4 is 5.32 Å². The van der Waals surface area contributed by atoms with Crippen molar-refractivity contribution in [3.05, 3.63) is 47.8 Å². The summed E-state index contributed by atoms with van der Waals surface area (Å²) in [5, 5.41) is 3.10. The summed E-state index contributed by atoms with van der Waals surface area (Å²) < 4.78 is 7.78. The van der Waals surface area contributed by atoms with E-state index in [0.29, 0.717) is 6.01 Å². The lowest BCUT2D eigenvalue weighted by atomic mass is 10.1. The fraction of sp³-hybridized carbons (Fsp3) is 0.222. The molecular weight excluding hydrogens is 288 g/mol. The summed E-state index contributed by atoms with van der Waals surface area (Å²) in [5.41, 5.74) is 6.94. The molecule has 3 heterocycles. The van der Waals surface area contributed by atoms with Crippen LogP contribution in [0.3, 0.4) is 0 Å². The van der Waals surface area contributed by atoms with Gasteiger partial charge in [0.2, 0.25) is 0 Å². The SMILES string of the molecule is CCNc1nc2cc(-c3nc4ccc(C)cn4c3C)ccc2o1. The van der Waals surface area contributed by atoms with Crippen molar-refractivity contribution in [1.29, 1.82) is 0 Å². The number of anilines is 1. The van der Waals surface area contributed by atoms with Crippen LogP contribution in [0.15, 0.2) is 40.9 Å². The van der Waals surface area contributed by atoms with Crippen LogP contribution in [-0.4, -0.2) is 20.9 Å². The molecule has 0 spiro atoms. The largest absolute Gasteiger partial charge is 0.424 e. The van der Waals surface area contributed by atoms with E-state index in [0.717, 1.165) is 40.2 Å². The third-order valence-electron chi connectivity index (χ3n) is 3.99. The molecule has 0 fully saturated rings. The molecule has 0 amide bonds. The van der Waals surface area contributed by atoms with Gasteiger partial charge in [-0.3, -0.25) is 0 Å². The average molecular weight is 306 g/mol. The van der Waals surface area contributed by atoms with E-state index in [2.05, 4.69) is 40.8 Å². The first-order valence-electron chi connectivity index (χ1n) is 7.76. The van der Waals surface area contributed by atoms with Crippen LogP contribution in [0.2, 0.25) is 0 Å². The van der Waals surface area contributed by atoms with E-state index in [1.165, 1.54) is 5.56 Å². The Balaban J connectivity index is 1.86. The lowest BCUT2D eigenvalue weighted by Gasteiger charge is -2.00. The molecule has 1 aromatic carbocycles. The first-order valence-corrected chi connectivity index (χ1v) is 7.76. The summed E-state index contributed by atoms with van der Waals surface area (Å²) in [6, 6.07) is 10.7. The second kappa shape index (κ2) is 5.12. The zero-order valence-corrected chi connectivity index (χ0v) is 13.4.